The fourth-order valence-electron chi connectivity index (χ4n) is 2.97. The highest BCUT2D eigenvalue weighted by molar-refractivity contribution is 14.2. The number of sulfone groups is 1. The van der Waals surface area contributed by atoms with Gasteiger partial charge in [0.15, 0.2) is 15.6 Å². The lowest BCUT2D eigenvalue weighted by Crippen LogP contribution is -2.26. The van der Waals surface area contributed by atoms with Gasteiger partial charge in [-0.15, -0.1) is 0 Å². The van der Waals surface area contributed by atoms with E-state index < -0.39 is 41.7 Å². The predicted octanol–water partition coefficient (Wildman–Crippen LogP) is 3.55. The molecule has 0 spiro atoms. The minimum absolute atomic E-state index is 0.00319. The van der Waals surface area contributed by atoms with E-state index in [1.807, 2.05) is 0 Å². The fourth-order valence-corrected chi connectivity index (χ4v) is 4.68. The third-order valence-electron chi connectivity index (χ3n) is 4.78. The monoisotopic (exact) mass is 586 g/mol. The zero-order valence-corrected chi connectivity index (χ0v) is 21.4. The van der Waals surface area contributed by atoms with Crippen molar-refractivity contribution in [3.63, 3.8) is 0 Å². The second kappa shape index (κ2) is 9.82. The van der Waals surface area contributed by atoms with Gasteiger partial charge < -0.3 is 9.84 Å². The Morgan fingerprint density at radius 3 is 2.45 bits per heavy atom. The molecular formula is C23H24FIN2O5S. The molecule has 0 saturated heterocycles. The lowest BCUT2D eigenvalue weighted by atomic mass is 10.1. The molecule has 1 heterocycles. The van der Waals surface area contributed by atoms with Gasteiger partial charge in [0.05, 0.1) is 29.0 Å². The second-order valence-electron chi connectivity index (χ2n) is 8.04. The quantitative estimate of drug-likeness (QED) is 0.406. The van der Waals surface area contributed by atoms with Crippen molar-refractivity contribution in [1.29, 1.82) is 0 Å². The van der Waals surface area contributed by atoms with Crippen molar-refractivity contribution in [3.8, 4) is 22.6 Å². The van der Waals surface area contributed by atoms with E-state index in [0.29, 0.717) is 20.4 Å². The number of nitrogens with zero attached hydrogens (tertiary/aromatic N) is 2. The van der Waals surface area contributed by atoms with Gasteiger partial charge in [0.25, 0.3) is 0 Å². The van der Waals surface area contributed by atoms with Crippen LogP contribution in [0.3, 0.4) is 0 Å². The highest BCUT2D eigenvalue weighted by Gasteiger charge is 2.19. The Morgan fingerprint density at radius 1 is 1.21 bits per heavy atom. The van der Waals surface area contributed by atoms with Gasteiger partial charge in [-0.1, -0.05) is 37.4 Å². The van der Waals surface area contributed by atoms with Crippen LogP contribution in [0.5, 0.6) is 5.75 Å². The smallest absolute Gasteiger partial charge is 0.314 e. The summed E-state index contributed by atoms with van der Waals surface area (Å²) in [7, 11) is -3.38. The van der Waals surface area contributed by atoms with Crippen LogP contribution in [0.1, 0.15) is 20.3 Å². The molecule has 3 aromatic rings. The first kappa shape index (κ1) is 25.2. The predicted molar refractivity (Wildman–Crippen MR) is 135 cm³/mol. The molecule has 1 aromatic heterocycles. The maximum absolute atomic E-state index is 13.9. The SMILES string of the molecule is C=Ic1cc(-n2ncc(-c3ccc(S(C)(=O)=O)cc3)c(OCCC(C)(C)O)c2=O)ccc1F. The van der Waals surface area contributed by atoms with E-state index in [0.717, 1.165) is 10.9 Å². The standard InChI is InChI=1S/C23H24FIN2O5S/c1-23(2,29)11-12-32-21-18(15-5-8-17(9-6-15)33(4,30)31)14-26-27(22(21)28)16-7-10-19(24)20(13-16)25-3/h5-10,13-14,29H,3,11-12H2,1-2,4H3. The van der Waals surface area contributed by atoms with Gasteiger partial charge in [0, 0.05) is 21.8 Å². The molecule has 10 heteroatoms. The van der Waals surface area contributed by atoms with Crippen LogP contribution in [0.4, 0.5) is 4.39 Å². The van der Waals surface area contributed by atoms with Gasteiger partial charge >= 0.3 is 5.56 Å². The van der Waals surface area contributed by atoms with E-state index >= 15 is 0 Å². The minimum atomic E-state index is -3.38. The Morgan fingerprint density at radius 2 is 1.88 bits per heavy atom. The molecule has 0 amide bonds. The van der Waals surface area contributed by atoms with E-state index in [-0.39, 0.29) is 29.5 Å². The molecule has 33 heavy (non-hydrogen) atoms. The molecule has 0 fully saturated rings. The van der Waals surface area contributed by atoms with Crippen LogP contribution < -0.4 is 10.3 Å². The number of ether oxygens (including phenoxy) is 1. The number of aromatic nitrogens is 2. The van der Waals surface area contributed by atoms with Gasteiger partial charge in [-0.3, -0.25) is 4.79 Å². The molecule has 0 aliphatic carbocycles. The van der Waals surface area contributed by atoms with Crippen molar-refractivity contribution in [1.82, 2.24) is 9.78 Å². The Labute approximate surface area is 201 Å². The van der Waals surface area contributed by atoms with Crippen molar-refractivity contribution in [2.24, 2.45) is 0 Å². The maximum Gasteiger partial charge on any atom is 0.314 e. The molecule has 0 aliphatic heterocycles. The summed E-state index contributed by atoms with van der Waals surface area (Å²) < 4.78 is 48.7. The number of hydrogen-bond donors (Lipinski definition) is 1. The van der Waals surface area contributed by atoms with Gasteiger partial charge in [-0.25, -0.2) is 12.8 Å². The molecule has 2 aromatic carbocycles. The molecule has 0 bridgehead atoms. The van der Waals surface area contributed by atoms with E-state index in [1.165, 1.54) is 30.5 Å². The van der Waals surface area contributed by atoms with Crippen LogP contribution in [0.15, 0.2) is 58.4 Å². The molecule has 0 atom stereocenters. The number of halogens is 2. The van der Waals surface area contributed by atoms with Crippen molar-refractivity contribution in [2.75, 3.05) is 12.9 Å². The third-order valence-corrected chi connectivity index (χ3v) is 7.56. The Bertz CT molecular complexity index is 1350. The Kier molecular flexibility index (Phi) is 7.49. The highest BCUT2D eigenvalue weighted by Crippen LogP contribution is 2.28. The Balaban J connectivity index is 2.12. The van der Waals surface area contributed by atoms with Crippen molar-refractivity contribution in [3.05, 3.63) is 68.4 Å². The van der Waals surface area contributed by atoms with Crippen LogP contribution in [-0.4, -0.2) is 46.3 Å². The summed E-state index contributed by atoms with van der Waals surface area (Å²) in [6.45, 7) is 3.33. The molecular weight excluding hydrogens is 562 g/mol. The average molecular weight is 586 g/mol. The highest BCUT2D eigenvalue weighted by atomic mass is 127. The molecule has 176 valence electrons. The fraction of sp³-hybridized carbons (Fsp3) is 0.261. The summed E-state index contributed by atoms with van der Waals surface area (Å²) in [4.78, 5) is 13.5. The summed E-state index contributed by atoms with van der Waals surface area (Å²) in [5.74, 6) is -0.379. The lowest BCUT2D eigenvalue weighted by Gasteiger charge is -2.18. The van der Waals surface area contributed by atoms with E-state index in [4.69, 9.17) is 4.74 Å². The molecule has 0 radical (unpaired) electrons. The lowest BCUT2D eigenvalue weighted by molar-refractivity contribution is 0.0551. The second-order valence-corrected chi connectivity index (χ2v) is 12.0. The van der Waals surface area contributed by atoms with Crippen LogP contribution in [0.25, 0.3) is 16.8 Å². The van der Waals surface area contributed by atoms with Gasteiger partial charge in [-0.05, 0) is 49.7 Å². The largest absolute Gasteiger partial charge is 0.487 e. The van der Waals surface area contributed by atoms with Crippen molar-refractivity contribution < 1.29 is 22.7 Å². The Hall–Kier alpha value is -2.44. The third kappa shape index (κ3) is 6.12. The molecule has 0 unspecified atom stereocenters. The van der Waals surface area contributed by atoms with Crippen LogP contribution in [-0.2, 0) is 9.84 Å². The van der Waals surface area contributed by atoms with Gasteiger partial charge in [-0.2, -0.15) is 9.78 Å². The first-order valence-corrected chi connectivity index (χ1v) is 14.4. The minimum Gasteiger partial charge on any atom is -0.487 e. The van der Waals surface area contributed by atoms with Gasteiger partial charge in [0.2, 0.25) is 0 Å². The molecule has 0 aliphatic rings. The van der Waals surface area contributed by atoms with E-state index in [2.05, 4.69) is 9.61 Å². The van der Waals surface area contributed by atoms with E-state index in [1.54, 1.807) is 32.0 Å². The molecule has 7 nitrogen and oxygen atoms in total. The summed E-state index contributed by atoms with van der Waals surface area (Å²) in [6.07, 6.45) is 2.83. The summed E-state index contributed by atoms with van der Waals surface area (Å²) in [5.41, 5.74) is -0.256. The molecule has 0 saturated carbocycles. The van der Waals surface area contributed by atoms with Crippen LogP contribution in [0.2, 0.25) is 0 Å². The topological polar surface area (TPSA) is 98.5 Å². The average Bonchev–Trinajstić information content (AvgIpc) is 2.74. The first-order chi connectivity index (χ1) is 15.4. The normalized spacial score (nSPS) is 12.0. The van der Waals surface area contributed by atoms with E-state index in [9.17, 15) is 22.7 Å². The molecule has 1 N–H and O–H groups in total. The number of rotatable bonds is 8. The maximum atomic E-state index is 13.9. The van der Waals surface area contributed by atoms with Crippen molar-refractivity contribution in [2.45, 2.75) is 30.8 Å². The number of hydrogen-bond acceptors (Lipinski definition) is 6. The van der Waals surface area contributed by atoms with Gasteiger partial charge in [0.1, 0.15) is 5.82 Å². The van der Waals surface area contributed by atoms with Crippen LogP contribution in [0, 0.1) is 9.39 Å². The summed E-state index contributed by atoms with van der Waals surface area (Å²) >= 11 is -0.795. The number of benzene rings is 2. The van der Waals surface area contributed by atoms with Crippen molar-refractivity contribution >= 4 is 35.1 Å². The summed E-state index contributed by atoms with van der Waals surface area (Å²) in [6, 6.07) is 10.3. The summed E-state index contributed by atoms with van der Waals surface area (Å²) in [5, 5.41) is 14.2. The zero-order chi connectivity index (χ0) is 24.4. The zero-order valence-electron chi connectivity index (χ0n) is 18.4. The number of aliphatic hydroxyl groups is 1. The molecule has 3 rings (SSSR count). The van der Waals surface area contributed by atoms with Crippen LogP contribution >= 0.6 is 20.7 Å². The first-order valence-electron chi connectivity index (χ1n) is 9.87.